The third-order valence-electron chi connectivity index (χ3n) is 4.43. The molecule has 1 atom stereocenters. The fraction of sp³-hybridized carbons (Fsp3) is 0.286. The first-order valence-electron chi connectivity index (χ1n) is 9.30. The van der Waals surface area contributed by atoms with Crippen molar-refractivity contribution in [3.63, 3.8) is 0 Å². The van der Waals surface area contributed by atoms with E-state index in [-0.39, 0.29) is 11.7 Å². The second-order valence-electron chi connectivity index (χ2n) is 6.48. The molecule has 0 aromatic heterocycles. The van der Waals surface area contributed by atoms with Crippen LogP contribution in [0, 0.1) is 0 Å². The van der Waals surface area contributed by atoms with Crippen molar-refractivity contribution in [2.24, 2.45) is 5.16 Å². The van der Waals surface area contributed by atoms with Gasteiger partial charge in [-0.1, -0.05) is 29.4 Å². The van der Waals surface area contributed by atoms with E-state index in [0.29, 0.717) is 43.1 Å². The first kappa shape index (κ1) is 20.3. The number of nitrogens with one attached hydrogen (secondary N) is 1. The van der Waals surface area contributed by atoms with Gasteiger partial charge in [0, 0.05) is 18.7 Å². The zero-order valence-electron chi connectivity index (χ0n) is 16.1. The number of rotatable bonds is 6. The number of carbonyl (C=O) groups is 2. The summed E-state index contributed by atoms with van der Waals surface area (Å²) in [6.45, 7) is 3.58. The monoisotopic (exact) mass is 397 g/mol. The lowest BCUT2D eigenvalue weighted by Crippen LogP contribution is -2.41. The van der Waals surface area contributed by atoms with Gasteiger partial charge in [0.05, 0.1) is 30.7 Å². The Balaban J connectivity index is 1.62. The van der Waals surface area contributed by atoms with E-state index in [9.17, 15) is 14.7 Å². The van der Waals surface area contributed by atoms with Gasteiger partial charge < -0.3 is 24.9 Å². The van der Waals surface area contributed by atoms with E-state index in [1.165, 1.54) is 12.3 Å². The van der Waals surface area contributed by atoms with Crippen LogP contribution in [0.4, 0.5) is 5.69 Å². The van der Waals surface area contributed by atoms with E-state index in [1.54, 1.807) is 54.3 Å². The molecule has 0 unspecified atom stereocenters. The molecule has 0 spiro atoms. The maximum Gasteiger partial charge on any atom is 0.268 e. The van der Waals surface area contributed by atoms with Crippen LogP contribution in [0.25, 0.3) is 0 Å². The highest BCUT2D eigenvalue weighted by atomic mass is 16.6. The number of ether oxygens (including phenoxy) is 1. The summed E-state index contributed by atoms with van der Waals surface area (Å²) in [5, 5.41) is 16.2. The summed E-state index contributed by atoms with van der Waals surface area (Å²) in [4.78, 5) is 32.1. The van der Waals surface area contributed by atoms with Crippen molar-refractivity contribution in [1.82, 2.24) is 4.90 Å². The highest BCUT2D eigenvalue weighted by Crippen LogP contribution is 2.19. The second kappa shape index (κ2) is 9.70. The largest absolute Gasteiger partial charge is 0.507 e. The van der Waals surface area contributed by atoms with Crippen LogP contribution in [-0.4, -0.2) is 60.4 Å². The van der Waals surface area contributed by atoms with Crippen molar-refractivity contribution in [2.75, 3.05) is 31.6 Å². The predicted octanol–water partition coefficient (Wildman–Crippen LogP) is 2.24. The lowest BCUT2D eigenvalue weighted by atomic mass is 10.1. The van der Waals surface area contributed by atoms with Crippen molar-refractivity contribution < 1.29 is 24.3 Å². The molecule has 1 aliphatic heterocycles. The Labute approximate surface area is 168 Å². The minimum absolute atomic E-state index is 0.0625. The van der Waals surface area contributed by atoms with Crippen molar-refractivity contribution in [3.8, 4) is 5.75 Å². The Morgan fingerprint density at radius 2 is 1.86 bits per heavy atom. The van der Waals surface area contributed by atoms with Crippen LogP contribution >= 0.6 is 0 Å². The van der Waals surface area contributed by atoms with Gasteiger partial charge in [0.15, 0.2) is 0 Å². The highest BCUT2D eigenvalue weighted by Gasteiger charge is 2.23. The molecule has 1 saturated heterocycles. The summed E-state index contributed by atoms with van der Waals surface area (Å²) in [6.07, 6.45) is 0.429. The molecule has 29 heavy (non-hydrogen) atoms. The molecule has 8 heteroatoms. The van der Waals surface area contributed by atoms with Crippen LogP contribution in [0.3, 0.4) is 0 Å². The SMILES string of the molecule is C[C@H](ON=Cc1ccccc1O)C(=O)Nc1ccccc1C(=O)N1CCOCC1. The number of nitrogens with zero attached hydrogens (tertiary/aromatic N) is 2. The summed E-state index contributed by atoms with van der Waals surface area (Å²) in [7, 11) is 0. The van der Waals surface area contributed by atoms with E-state index in [2.05, 4.69) is 10.5 Å². The lowest BCUT2D eigenvalue weighted by molar-refractivity contribution is -0.126. The van der Waals surface area contributed by atoms with Gasteiger partial charge in [-0.2, -0.15) is 0 Å². The van der Waals surface area contributed by atoms with Gasteiger partial charge in [-0.25, -0.2) is 0 Å². The minimum Gasteiger partial charge on any atom is -0.507 e. The first-order chi connectivity index (χ1) is 14.1. The number of amides is 2. The zero-order valence-corrected chi connectivity index (χ0v) is 16.1. The van der Waals surface area contributed by atoms with Gasteiger partial charge in [0.25, 0.3) is 11.8 Å². The molecule has 2 aromatic carbocycles. The molecule has 0 aliphatic carbocycles. The minimum atomic E-state index is -0.899. The molecule has 2 aromatic rings. The van der Waals surface area contributed by atoms with E-state index >= 15 is 0 Å². The molecule has 152 valence electrons. The molecule has 0 bridgehead atoms. The summed E-state index contributed by atoms with van der Waals surface area (Å²) in [6, 6.07) is 13.5. The van der Waals surface area contributed by atoms with E-state index < -0.39 is 12.0 Å². The summed E-state index contributed by atoms with van der Waals surface area (Å²) in [5.41, 5.74) is 1.29. The van der Waals surface area contributed by atoms with Crippen molar-refractivity contribution in [3.05, 3.63) is 59.7 Å². The maximum absolute atomic E-state index is 12.8. The number of benzene rings is 2. The number of aromatic hydroxyl groups is 1. The van der Waals surface area contributed by atoms with Crippen LogP contribution in [0.5, 0.6) is 5.75 Å². The van der Waals surface area contributed by atoms with Gasteiger partial charge in [0.1, 0.15) is 5.75 Å². The molecule has 0 saturated carbocycles. The Bertz CT molecular complexity index is 893. The number of phenolic OH excluding ortho intramolecular Hbond substituents is 1. The molecule has 3 rings (SSSR count). The number of carbonyl (C=O) groups excluding carboxylic acids is 2. The van der Waals surface area contributed by atoms with Crippen LogP contribution in [0.2, 0.25) is 0 Å². The Morgan fingerprint density at radius 3 is 2.62 bits per heavy atom. The van der Waals surface area contributed by atoms with Crippen LogP contribution in [0.1, 0.15) is 22.8 Å². The molecule has 2 amide bonds. The number of morpholine rings is 1. The maximum atomic E-state index is 12.8. The third kappa shape index (κ3) is 5.32. The molecule has 8 nitrogen and oxygen atoms in total. The average Bonchev–Trinajstić information content (AvgIpc) is 2.75. The van der Waals surface area contributed by atoms with Crippen molar-refractivity contribution >= 4 is 23.7 Å². The number of hydrogen-bond donors (Lipinski definition) is 2. The van der Waals surface area contributed by atoms with Gasteiger partial charge in [-0.3, -0.25) is 9.59 Å². The van der Waals surface area contributed by atoms with Gasteiger partial charge in [0.2, 0.25) is 6.10 Å². The summed E-state index contributed by atoms with van der Waals surface area (Å²) < 4.78 is 5.28. The fourth-order valence-corrected chi connectivity index (χ4v) is 2.77. The van der Waals surface area contributed by atoms with E-state index in [4.69, 9.17) is 9.57 Å². The van der Waals surface area contributed by atoms with Gasteiger partial charge >= 0.3 is 0 Å². The van der Waals surface area contributed by atoms with Crippen LogP contribution in [0.15, 0.2) is 53.7 Å². The normalized spacial score (nSPS) is 15.1. The lowest BCUT2D eigenvalue weighted by Gasteiger charge is -2.27. The van der Waals surface area contributed by atoms with Crippen molar-refractivity contribution in [2.45, 2.75) is 13.0 Å². The Morgan fingerprint density at radius 1 is 1.17 bits per heavy atom. The molecule has 1 aliphatic rings. The topological polar surface area (TPSA) is 100 Å². The first-order valence-corrected chi connectivity index (χ1v) is 9.30. The Kier molecular flexibility index (Phi) is 6.80. The molecular weight excluding hydrogens is 374 g/mol. The van der Waals surface area contributed by atoms with Crippen molar-refractivity contribution in [1.29, 1.82) is 0 Å². The summed E-state index contributed by atoms with van der Waals surface area (Å²) in [5.74, 6) is -0.537. The fourth-order valence-electron chi connectivity index (χ4n) is 2.77. The molecule has 2 N–H and O–H groups in total. The highest BCUT2D eigenvalue weighted by molar-refractivity contribution is 6.04. The number of oxime groups is 1. The average molecular weight is 397 g/mol. The third-order valence-corrected chi connectivity index (χ3v) is 4.43. The second-order valence-corrected chi connectivity index (χ2v) is 6.48. The molecule has 0 radical (unpaired) electrons. The summed E-state index contributed by atoms with van der Waals surface area (Å²) >= 11 is 0. The quantitative estimate of drug-likeness (QED) is 0.575. The number of phenols is 1. The zero-order chi connectivity index (χ0) is 20.6. The number of hydrogen-bond acceptors (Lipinski definition) is 6. The standard InChI is InChI=1S/C21H23N3O5/c1-15(29-22-14-16-6-2-5-9-19(16)25)20(26)23-18-8-4-3-7-17(18)21(27)24-10-12-28-13-11-24/h2-9,14-15,25H,10-13H2,1H3,(H,23,26)/t15-/m0/s1. The molecule has 1 heterocycles. The van der Waals surface area contributed by atoms with Crippen LogP contribution < -0.4 is 5.32 Å². The predicted molar refractivity (Wildman–Crippen MR) is 108 cm³/mol. The number of para-hydroxylation sites is 2. The van der Waals surface area contributed by atoms with Gasteiger partial charge in [-0.15, -0.1) is 0 Å². The Hall–Kier alpha value is -3.39. The smallest absolute Gasteiger partial charge is 0.268 e. The van der Waals surface area contributed by atoms with Crippen LogP contribution in [-0.2, 0) is 14.4 Å². The van der Waals surface area contributed by atoms with E-state index in [0.717, 1.165) is 0 Å². The number of anilines is 1. The molecular formula is C21H23N3O5. The van der Waals surface area contributed by atoms with E-state index in [1.807, 2.05) is 0 Å². The van der Waals surface area contributed by atoms with Gasteiger partial charge in [-0.05, 0) is 31.2 Å². The molecule has 1 fully saturated rings.